The van der Waals surface area contributed by atoms with Gasteiger partial charge in [-0.3, -0.25) is 4.79 Å². The molecule has 8 heteroatoms. The number of carbonyl (C=O) groups excluding carboxylic acids is 1. The highest BCUT2D eigenvalue weighted by molar-refractivity contribution is 9.10. The Balaban J connectivity index is 1.75. The molecule has 0 radical (unpaired) electrons. The van der Waals surface area contributed by atoms with E-state index in [1.807, 2.05) is 12.1 Å². The summed E-state index contributed by atoms with van der Waals surface area (Å²) in [6, 6.07) is 13.1. The van der Waals surface area contributed by atoms with E-state index in [4.69, 9.17) is 5.73 Å². The summed E-state index contributed by atoms with van der Waals surface area (Å²) in [5.74, 6) is -0.617. The minimum absolute atomic E-state index is 0.0417. The van der Waals surface area contributed by atoms with Gasteiger partial charge in [-0.25, -0.2) is 9.07 Å². The summed E-state index contributed by atoms with van der Waals surface area (Å²) in [5, 5.41) is 10.4. The molecule has 6 nitrogen and oxygen atoms in total. The maximum atomic E-state index is 12.9. The van der Waals surface area contributed by atoms with Crippen LogP contribution in [0.2, 0.25) is 0 Å². The van der Waals surface area contributed by atoms with Crippen molar-refractivity contribution < 1.29 is 9.18 Å². The number of nitrogen functional groups attached to an aromatic ring is 1. The number of nitrogens with one attached hydrogen (secondary N) is 1. The lowest BCUT2D eigenvalue weighted by molar-refractivity contribution is 0.102. The summed E-state index contributed by atoms with van der Waals surface area (Å²) in [6.07, 6.45) is 0. The molecule has 3 N–H and O–H groups in total. The molecule has 0 aliphatic carbocycles. The van der Waals surface area contributed by atoms with Crippen molar-refractivity contribution >= 4 is 33.3 Å². The molecule has 0 unspecified atom stereocenters. The maximum Gasteiger partial charge on any atom is 0.280 e. The molecule has 1 aromatic heterocycles. The summed E-state index contributed by atoms with van der Waals surface area (Å²) < 4.78 is 15.2. The third-order valence-electron chi connectivity index (χ3n) is 3.34. The molecule has 3 aromatic rings. The summed E-state index contributed by atoms with van der Waals surface area (Å²) >= 11 is 3.33. The molecule has 2 aromatic carbocycles. The molecule has 0 bridgehead atoms. The predicted octanol–water partition coefficient (Wildman–Crippen LogP) is 3.06. The van der Waals surface area contributed by atoms with Gasteiger partial charge in [0.15, 0.2) is 11.5 Å². The molecule has 24 heavy (non-hydrogen) atoms. The smallest absolute Gasteiger partial charge is 0.280 e. The second kappa shape index (κ2) is 6.79. The van der Waals surface area contributed by atoms with Crippen molar-refractivity contribution in [3.8, 4) is 0 Å². The van der Waals surface area contributed by atoms with Crippen LogP contribution in [0.25, 0.3) is 0 Å². The molecule has 0 saturated carbocycles. The van der Waals surface area contributed by atoms with E-state index in [9.17, 15) is 9.18 Å². The number of anilines is 2. The molecule has 0 atom stereocenters. The Morgan fingerprint density at radius 1 is 1.17 bits per heavy atom. The zero-order chi connectivity index (χ0) is 17.1. The van der Waals surface area contributed by atoms with E-state index in [2.05, 4.69) is 31.6 Å². The monoisotopic (exact) mass is 389 g/mol. The number of aromatic nitrogens is 3. The lowest BCUT2D eigenvalue weighted by atomic mass is 10.2. The highest BCUT2D eigenvalue weighted by Crippen LogP contribution is 2.17. The highest BCUT2D eigenvalue weighted by Gasteiger charge is 2.17. The van der Waals surface area contributed by atoms with Crippen LogP contribution >= 0.6 is 15.9 Å². The van der Waals surface area contributed by atoms with Crippen LogP contribution in [-0.4, -0.2) is 20.9 Å². The molecule has 3 rings (SSSR count). The fourth-order valence-electron chi connectivity index (χ4n) is 2.09. The van der Waals surface area contributed by atoms with Gasteiger partial charge in [-0.15, -0.1) is 5.10 Å². The minimum Gasteiger partial charge on any atom is -0.382 e. The van der Waals surface area contributed by atoms with Gasteiger partial charge in [-0.2, -0.15) is 0 Å². The molecule has 0 saturated heterocycles. The molecule has 0 fully saturated rings. The number of hydrogen-bond donors (Lipinski definition) is 2. The van der Waals surface area contributed by atoms with Gasteiger partial charge in [0.2, 0.25) is 0 Å². The highest BCUT2D eigenvalue weighted by atomic mass is 79.9. The van der Waals surface area contributed by atoms with Crippen molar-refractivity contribution in [2.45, 2.75) is 6.54 Å². The van der Waals surface area contributed by atoms with Crippen molar-refractivity contribution in [2.24, 2.45) is 0 Å². The predicted molar refractivity (Wildman–Crippen MR) is 92.0 cm³/mol. The van der Waals surface area contributed by atoms with Gasteiger partial charge < -0.3 is 11.1 Å². The van der Waals surface area contributed by atoms with E-state index in [1.54, 1.807) is 24.3 Å². The van der Waals surface area contributed by atoms with E-state index in [-0.39, 0.29) is 17.3 Å². The number of benzene rings is 2. The Morgan fingerprint density at radius 2 is 1.83 bits per heavy atom. The summed E-state index contributed by atoms with van der Waals surface area (Å²) in [7, 11) is 0. The Morgan fingerprint density at radius 3 is 2.50 bits per heavy atom. The van der Waals surface area contributed by atoms with Crippen LogP contribution in [0.1, 0.15) is 16.1 Å². The van der Waals surface area contributed by atoms with E-state index in [1.165, 1.54) is 16.8 Å². The van der Waals surface area contributed by atoms with Crippen molar-refractivity contribution in [3.05, 3.63) is 70.1 Å². The number of hydrogen-bond acceptors (Lipinski definition) is 4. The van der Waals surface area contributed by atoms with E-state index >= 15 is 0 Å². The first-order valence-electron chi connectivity index (χ1n) is 7.03. The zero-order valence-electron chi connectivity index (χ0n) is 12.4. The van der Waals surface area contributed by atoms with Crippen LogP contribution in [-0.2, 0) is 6.54 Å². The molecule has 0 spiro atoms. The number of rotatable bonds is 4. The van der Waals surface area contributed by atoms with Crippen molar-refractivity contribution in [1.29, 1.82) is 0 Å². The van der Waals surface area contributed by atoms with Gasteiger partial charge in [0.05, 0.1) is 6.54 Å². The quantitative estimate of drug-likeness (QED) is 0.717. The average molecular weight is 390 g/mol. The zero-order valence-corrected chi connectivity index (χ0v) is 14.0. The molecule has 1 amide bonds. The number of nitrogens with two attached hydrogens (primary N) is 1. The van der Waals surface area contributed by atoms with Gasteiger partial charge in [-0.1, -0.05) is 33.3 Å². The molecular weight excluding hydrogens is 377 g/mol. The number of nitrogens with zero attached hydrogens (tertiary/aromatic N) is 3. The molecule has 122 valence electrons. The summed E-state index contributed by atoms with van der Waals surface area (Å²) in [6.45, 7) is 0.296. The first-order valence-corrected chi connectivity index (χ1v) is 7.82. The van der Waals surface area contributed by atoms with Crippen molar-refractivity contribution in [1.82, 2.24) is 15.0 Å². The molecule has 0 aliphatic rings. The molecule has 0 aliphatic heterocycles. The van der Waals surface area contributed by atoms with Gasteiger partial charge in [-0.05, 0) is 42.0 Å². The SMILES string of the molecule is Nc1c(C(=O)Nc2ccc(Br)cc2)nnn1Cc1ccc(F)cc1. The number of amides is 1. The Labute approximate surface area is 145 Å². The number of carbonyl (C=O) groups is 1. The Bertz CT molecular complexity index is 861. The molecule has 1 heterocycles. The largest absolute Gasteiger partial charge is 0.382 e. The van der Waals surface area contributed by atoms with Crippen LogP contribution in [0.3, 0.4) is 0 Å². The number of halogens is 2. The lowest BCUT2D eigenvalue weighted by Gasteiger charge is -2.05. The van der Waals surface area contributed by atoms with Gasteiger partial charge >= 0.3 is 0 Å². The van der Waals surface area contributed by atoms with Crippen LogP contribution < -0.4 is 11.1 Å². The van der Waals surface area contributed by atoms with Crippen LogP contribution in [0.5, 0.6) is 0 Å². The van der Waals surface area contributed by atoms with Crippen molar-refractivity contribution in [3.63, 3.8) is 0 Å². The standard InChI is InChI=1S/C16H13BrFN5O/c17-11-3-7-13(8-4-11)20-16(24)14-15(19)23(22-21-14)9-10-1-5-12(18)6-2-10/h1-8H,9,19H2,(H,20,24). The summed E-state index contributed by atoms with van der Waals surface area (Å²) in [5.41, 5.74) is 7.42. The van der Waals surface area contributed by atoms with E-state index in [0.29, 0.717) is 12.2 Å². The summed E-state index contributed by atoms with van der Waals surface area (Å²) in [4.78, 5) is 12.3. The normalized spacial score (nSPS) is 10.6. The van der Waals surface area contributed by atoms with E-state index in [0.717, 1.165) is 10.0 Å². The van der Waals surface area contributed by atoms with Gasteiger partial charge in [0, 0.05) is 10.2 Å². The van der Waals surface area contributed by atoms with Gasteiger partial charge in [0.25, 0.3) is 5.91 Å². The third kappa shape index (κ3) is 3.60. The lowest BCUT2D eigenvalue weighted by Crippen LogP contribution is -2.15. The van der Waals surface area contributed by atoms with Crippen LogP contribution in [0, 0.1) is 5.82 Å². The fraction of sp³-hybridized carbons (Fsp3) is 0.0625. The Hall–Kier alpha value is -2.74. The first-order chi connectivity index (χ1) is 11.5. The topological polar surface area (TPSA) is 85.8 Å². The van der Waals surface area contributed by atoms with E-state index < -0.39 is 5.91 Å². The van der Waals surface area contributed by atoms with Crippen LogP contribution in [0.4, 0.5) is 15.9 Å². The van der Waals surface area contributed by atoms with Gasteiger partial charge in [0.1, 0.15) is 5.82 Å². The fourth-order valence-corrected chi connectivity index (χ4v) is 2.35. The third-order valence-corrected chi connectivity index (χ3v) is 3.86. The second-order valence-corrected chi connectivity index (χ2v) is 5.98. The average Bonchev–Trinajstić information content (AvgIpc) is 2.93. The second-order valence-electron chi connectivity index (χ2n) is 5.07. The minimum atomic E-state index is -0.444. The first kappa shape index (κ1) is 16.1. The molecular formula is C16H13BrFN5O. The maximum absolute atomic E-state index is 12.9. The van der Waals surface area contributed by atoms with Crippen LogP contribution in [0.15, 0.2) is 53.0 Å². The van der Waals surface area contributed by atoms with Crippen molar-refractivity contribution in [2.75, 3.05) is 11.1 Å². The Kier molecular flexibility index (Phi) is 4.57.